The molecule has 0 aliphatic rings. The van der Waals surface area contributed by atoms with Gasteiger partial charge in [0.15, 0.2) is 0 Å². The zero-order valence-electron chi connectivity index (χ0n) is 21.7. The van der Waals surface area contributed by atoms with Crippen LogP contribution in [0, 0.1) is 0 Å². The monoisotopic (exact) mass is 505 g/mol. The first kappa shape index (κ1) is 24.3. The maximum absolute atomic E-state index is 6.19. The molecule has 0 spiro atoms. The third-order valence-electron chi connectivity index (χ3n) is 6.81. The van der Waals surface area contributed by atoms with E-state index < -0.39 is 0 Å². The van der Waals surface area contributed by atoms with Crippen LogP contribution in [0.1, 0.15) is 18.1 Å². The average Bonchev–Trinajstić information content (AvgIpc) is 3.00. The fourth-order valence-corrected chi connectivity index (χ4v) is 4.93. The molecule has 0 amide bonds. The van der Waals surface area contributed by atoms with Crippen LogP contribution >= 0.6 is 0 Å². The van der Waals surface area contributed by atoms with Crippen LogP contribution in [0.5, 0.6) is 5.75 Å². The summed E-state index contributed by atoms with van der Waals surface area (Å²) in [5, 5.41) is 2.08. The van der Waals surface area contributed by atoms with E-state index in [0.29, 0.717) is 6.61 Å². The van der Waals surface area contributed by atoms with Crippen LogP contribution < -0.4 is 4.74 Å². The van der Waals surface area contributed by atoms with Gasteiger partial charge in [-0.2, -0.15) is 0 Å². The highest BCUT2D eigenvalue weighted by atomic mass is 16.5. The molecule has 0 saturated carbocycles. The van der Waals surface area contributed by atoms with Crippen LogP contribution in [0.25, 0.3) is 50.3 Å². The number of benzene rings is 4. The molecule has 39 heavy (non-hydrogen) atoms. The molecule has 0 fully saturated rings. The number of rotatable bonds is 7. The van der Waals surface area contributed by atoms with Gasteiger partial charge in [-0.15, -0.1) is 0 Å². The SMILES string of the molecule is C=Nc1c(/C=C\C)ccc2ccc(-c3cccc(-c4ccc(OCc5ccccc5)c5ncccc45)c3)nc12. The second-order valence-electron chi connectivity index (χ2n) is 9.30. The molecule has 0 unspecified atom stereocenters. The topological polar surface area (TPSA) is 47.4 Å². The molecular formula is C35H27N3O. The third-order valence-corrected chi connectivity index (χ3v) is 6.81. The van der Waals surface area contributed by atoms with Gasteiger partial charge in [-0.05, 0) is 60.7 Å². The molecule has 4 aromatic carbocycles. The molecule has 0 atom stereocenters. The van der Waals surface area contributed by atoms with Crippen molar-refractivity contribution in [2.75, 3.05) is 0 Å². The molecule has 4 nitrogen and oxygen atoms in total. The minimum Gasteiger partial charge on any atom is -0.487 e. The minimum atomic E-state index is 0.492. The highest BCUT2D eigenvalue weighted by Crippen LogP contribution is 2.36. The van der Waals surface area contributed by atoms with E-state index in [1.807, 2.05) is 55.6 Å². The molecular weight excluding hydrogens is 478 g/mol. The summed E-state index contributed by atoms with van der Waals surface area (Å²) in [5.41, 5.74) is 8.71. The van der Waals surface area contributed by atoms with Crippen LogP contribution in [-0.4, -0.2) is 16.7 Å². The van der Waals surface area contributed by atoms with Crippen molar-refractivity contribution in [3.05, 3.63) is 127 Å². The van der Waals surface area contributed by atoms with Crippen molar-refractivity contribution < 1.29 is 4.74 Å². The van der Waals surface area contributed by atoms with Crippen molar-refractivity contribution in [1.82, 2.24) is 9.97 Å². The van der Waals surface area contributed by atoms with Gasteiger partial charge in [0.25, 0.3) is 0 Å². The second kappa shape index (κ2) is 10.7. The summed E-state index contributed by atoms with van der Waals surface area (Å²) >= 11 is 0. The van der Waals surface area contributed by atoms with Crippen LogP contribution in [-0.2, 0) is 6.61 Å². The number of pyridine rings is 2. The number of nitrogens with zero attached hydrogens (tertiary/aromatic N) is 3. The van der Waals surface area contributed by atoms with Crippen LogP contribution in [0.4, 0.5) is 5.69 Å². The first-order valence-electron chi connectivity index (χ1n) is 12.9. The van der Waals surface area contributed by atoms with Gasteiger partial charge < -0.3 is 4.74 Å². The lowest BCUT2D eigenvalue weighted by Crippen LogP contribution is -1.97. The Labute approximate surface area is 228 Å². The number of aromatic nitrogens is 2. The summed E-state index contributed by atoms with van der Waals surface area (Å²) < 4.78 is 6.19. The Balaban J connectivity index is 1.40. The number of hydrogen-bond donors (Lipinski definition) is 0. The van der Waals surface area contributed by atoms with E-state index in [1.54, 1.807) is 0 Å². The standard InChI is InChI=1S/C35H27N3O/c1-3-9-25-15-16-26-17-19-31(38-34(26)33(25)36-2)28-13-7-12-27(22-28)29-18-20-32(35-30(29)14-8-21-37-35)39-23-24-10-5-4-6-11-24/h3-22H,2,23H2,1H3/b9-3-. The molecule has 6 rings (SSSR count). The van der Waals surface area contributed by atoms with Gasteiger partial charge in [-0.3, -0.25) is 9.98 Å². The molecule has 188 valence electrons. The normalized spacial score (nSPS) is 11.3. The van der Waals surface area contributed by atoms with E-state index >= 15 is 0 Å². The summed E-state index contributed by atoms with van der Waals surface area (Å²) in [6.07, 6.45) is 5.84. The molecule has 0 saturated heterocycles. The van der Waals surface area contributed by atoms with Gasteiger partial charge >= 0.3 is 0 Å². The summed E-state index contributed by atoms with van der Waals surface area (Å²) in [5.74, 6) is 0.770. The smallest absolute Gasteiger partial charge is 0.146 e. The quantitative estimate of drug-likeness (QED) is 0.203. The van der Waals surface area contributed by atoms with E-state index in [1.165, 1.54) is 0 Å². The zero-order valence-corrected chi connectivity index (χ0v) is 21.7. The van der Waals surface area contributed by atoms with Gasteiger partial charge in [0.1, 0.15) is 17.9 Å². The molecule has 2 aromatic heterocycles. The Morgan fingerprint density at radius 1 is 0.821 bits per heavy atom. The van der Waals surface area contributed by atoms with Gasteiger partial charge in [0, 0.05) is 28.1 Å². The van der Waals surface area contributed by atoms with Crippen LogP contribution in [0.2, 0.25) is 0 Å². The molecule has 0 radical (unpaired) electrons. The van der Waals surface area contributed by atoms with Crippen molar-refractivity contribution in [3.63, 3.8) is 0 Å². The van der Waals surface area contributed by atoms with Gasteiger partial charge in [-0.1, -0.05) is 84.9 Å². The number of aliphatic imine (C=N–C) groups is 1. The third kappa shape index (κ3) is 4.80. The Kier molecular flexibility index (Phi) is 6.67. The number of hydrogen-bond acceptors (Lipinski definition) is 4. The predicted molar refractivity (Wildman–Crippen MR) is 163 cm³/mol. The molecule has 0 N–H and O–H groups in total. The van der Waals surface area contributed by atoms with E-state index in [9.17, 15) is 0 Å². The maximum Gasteiger partial charge on any atom is 0.146 e. The Morgan fingerprint density at radius 3 is 2.51 bits per heavy atom. The molecule has 0 bridgehead atoms. The highest BCUT2D eigenvalue weighted by Gasteiger charge is 2.13. The highest BCUT2D eigenvalue weighted by molar-refractivity contribution is 5.99. The van der Waals surface area contributed by atoms with Gasteiger partial charge in [0.05, 0.1) is 16.9 Å². The largest absolute Gasteiger partial charge is 0.487 e. The lowest BCUT2D eigenvalue weighted by molar-refractivity contribution is 0.309. The fourth-order valence-electron chi connectivity index (χ4n) is 4.93. The molecule has 2 heterocycles. The van der Waals surface area contributed by atoms with Crippen LogP contribution in [0.3, 0.4) is 0 Å². The van der Waals surface area contributed by atoms with E-state index in [4.69, 9.17) is 9.72 Å². The first-order valence-corrected chi connectivity index (χ1v) is 12.9. The van der Waals surface area contributed by atoms with Crippen molar-refractivity contribution >= 4 is 40.3 Å². The molecule has 0 aliphatic carbocycles. The first-order chi connectivity index (χ1) is 19.2. The summed E-state index contributed by atoms with van der Waals surface area (Å²) in [6, 6.07) is 35.1. The van der Waals surface area contributed by atoms with E-state index in [0.717, 1.165) is 66.8 Å². The number of allylic oxidation sites excluding steroid dienone is 1. The summed E-state index contributed by atoms with van der Waals surface area (Å²) in [4.78, 5) is 14.0. The fraction of sp³-hybridized carbons (Fsp3) is 0.0571. The van der Waals surface area contributed by atoms with Crippen molar-refractivity contribution in [2.24, 2.45) is 4.99 Å². The van der Waals surface area contributed by atoms with Gasteiger partial charge in [0.2, 0.25) is 0 Å². The lowest BCUT2D eigenvalue weighted by Gasteiger charge is -2.13. The predicted octanol–water partition coefficient (Wildman–Crippen LogP) is 9.06. The number of fused-ring (bicyclic) bond motifs is 2. The Hall–Kier alpha value is -5.09. The summed E-state index contributed by atoms with van der Waals surface area (Å²) in [7, 11) is 0. The zero-order chi connectivity index (χ0) is 26.6. The number of ether oxygens (including phenoxy) is 1. The van der Waals surface area contributed by atoms with Gasteiger partial charge in [-0.25, -0.2) is 4.98 Å². The van der Waals surface area contributed by atoms with Crippen LogP contribution in [0.15, 0.2) is 120 Å². The van der Waals surface area contributed by atoms with Crippen molar-refractivity contribution in [2.45, 2.75) is 13.5 Å². The van der Waals surface area contributed by atoms with Crippen molar-refractivity contribution in [1.29, 1.82) is 0 Å². The average molecular weight is 506 g/mol. The summed E-state index contributed by atoms with van der Waals surface area (Å²) in [6.45, 7) is 6.29. The molecule has 4 heteroatoms. The molecule has 0 aliphatic heterocycles. The minimum absolute atomic E-state index is 0.492. The maximum atomic E-state index is 6.19. The van der Waals surface area contributed by atoms with E-state index in [2.05, 4.69) is 89.5 Å². The second-order valence-corrected chi connectivity index (χ2v) is 9.30. The lowest BCUT2D eigenvalue weighted by atomic mass is 9.97. The Morgan fingerprint density at radius 2 is 1.67 bits per heavy atom. The van der Waals surface area contributed by atoms with E-state index in [-0.39, 0.29) is 0 Å². The van der Waals surface area contributed by atoms with Crippen molar-refractivity contribution in [3.8, 4) is 28.1 Å². The molecule has 6 aromatic rings. The Bertz CT molecular complexity index is 1840.